The number of para-hydroxylation sites is 1. The van der Waals surface area contributed by atoms with Crippen molar-refractivity contribution in [2.75, 3.05) is 12.4 Å². The van der Waals surface area contributed by atoms with E-state index in [2.05, 4.69) is 10.6 Å². The molecule has 0 radical (unpaired) electrons. The lowest BCUT2D eigenvalue weighted by atomic mass is 10.2. The zero-order valence-corrected chi connectivity index (χ0v) is 16.8. The molecule has 4 N–H and O–H groups in total. The van der Waals surface area contributed by atoms with Gasteiger partial charge in [0.1, 0.15) is 17.2 Å². The number of ether oxygens (including phenoxy) is 2. The predicted octanol–water partition coefficient (Wildman–Crippen LogP) is 4.22. The summed E-state index contributed by atoms with van der Waals surface area (Å²) in [4.78, 5) is 23.6. The molecule has 0 unspecified atom stereocenters. The summed E-state index contributed by atoms with van der Waals surface area (Å²) in [5.41, 5.74) is 8.05. The Kier molecular flexibility index (Phi) is 6.54. The van der Waals surface area contributed by atoms with E-state index in [9.17, 15) is 9.59 Å². The van der Waals surface area contributed by atoms with E-state index in [-0.39, 0.29) is 12.6 Å². The largest absolute Gasteiger partial charge is 0.495 e. The Balaban J connectivity index is 1.65. The predicted molar refractivity (Wildman–Crippen MR) is 115 cm³/mol. The van der Waals surface area contributed by atoms with Crippen molar-refractivity contribution in [1.29, 1.82) is 0 Å². The zero-order valence-electron chi connectivity index (χ0n) is 16.8. The molecule has 0 aliphatic carbocycles. The monoisotopic (exact) mass is 405 g/mol. The number of anilines is 1. The number of nitrogens with one attached hydrogen (secondary N) is 2. The summed E-state index contributed by atoms with van der Waals surface area (Å²) in [5, 5.41) is 5.62. The molecule has 0 atom stereocenters. The Morgan fingerprint density at radius 2 is 1.70 bits per heavy atom. The topological polar surface area (TPSA) is 103 Å². The lowest BCUT2D eigenvalue weighted by Gasteiger charge is -2.14. The Labute approximate surface area is 174 Å². The van der Waals surface area contributed by atoms with Crippen LogP contribution in [0, 0.1) is 6.92 Å². The summed E-state index contributed by atoms with van der Waals surface area (Å²) in [6.45, 7) is 2.20. The van der Waals surface area contributed by atoms with Crippen LogP contribution in [0.5, 0.6) is 17.2 Å². The van der Waals surface area contributed by atoms with E-state index < -0.39 is 5.91 Å². The van der Waals surface area contributed by atoms with Crippen LogP contribution in [0.1, 0.15) is 21.5 Å². The van der Waals surface area contributed by atoms with Gasteiger partial charge in [-0.25, -0.2) is 4.79 Å². The van der Waals surface area contributed by atoms with Crippen molar-refractivity contribution >= 4 is 17.6 Å². The van der Waals surface area contributed by atoms with Gasteiger partial charge in [0.2, 0.25) is 5.91 Å². The molecule has 154 valence electrons. The molecule has 7 heteroatoms. The maximum Gasteiger partial charge on any atom is 0.319 e. The van der Waals surface area contributed by atoms with Gasteiger partial charge in [0.05, 0.1) is 12.8 Å². The van der Waals surface area contributed by atoms with Crippen molar-refractivity contribution < 1.29 is 19.1 Å². The highest BCUT2D eigenvalue weighted by atomic mass is 16.5. The maximum absolute atomic E-state index is 12.4. The second-order valence-electron chi connectivity index (χ2n) is 6.61. The van der Waals surface area contributed by atoms with Gasteiger partial charge in [0.15, 0.2) is 0 Å². The number of hydrogen-bond acceptors (Lipinski definition) is 4. The molecule has 0 spiro atoms. The minimum atomic E-state index is -0.498. The number of benzene rings is 3. The highest BCUT2D eigenvalue weighted by molar-refractivity contribution is 5.93. The first-order valence-electron chi connectivity index (χ1n) is 9.31. The van der Waals surface area contributed by atoms with Gasteiger partial charge in [-0.05, 0) is 55.0 Å². The molecule has 7 nitrogen and oxygen atoms in total. The van der Waals surface area contributed by atoms with E-state index in [0.29, 0.717) is 28.5 Å². The van der Waals surface area contributed by atoms with Crippen LogP contribution < -0.4 is 25.8 Å². The van der Waals surface area contributed by atoms with Crippen molar-refractivity contribution in [3.8, 4) is 17.2 Å². The smallest absolute Gasteiger partial charge is 0.319 e. The zero-order chi connectivity index (χ0) is 21.5. The van der Waals surface area contributed by atoms with Crippen molar-refractivity contribution in [3.63, 3.8) is 0 Å². The average Bonchev–Trinajstić information content (AvgIpc) is 2.74. The number of hydrogen-bond donors (Lipinski definition) is 3. The van der Waals surface area contributed by atoms with Gasteiger partial charge < -0.3 is 25.8 Å². The third-order valence-corrected chi connectivity index (χ3v) is 4.38. The van der Waals surface area contributed by atoms with Gasteiger partial charge in [-0.15, -0.1) is 0 Å². The Bertz CT molecular complexity index is 1050. The standard InChI is InChI=1S/C23H23N3O4/c1-15-7-12-21(29-2)19(13-15)26-23(28)25-14-17-5-3-4-6-20(17)30-18-10-8-16(9-11-18)22(24)27/h3-13H,14H2,1-2H3,(H2,24,27)(H2,25,26,28). The fourth-order valence-corrected chi connectivity index (χ4v) is 2.83. The second-order valence-corrected chi connectivity index (χ2v) is 6.61. The van der Waals surface area contributed by atoms with Gasteiger partial charge in [0, 0.05) is 17.7 Å². The fourth-order valence-electron chi connectivity index (χ4n) is 2.83. The van der Waals surface area contributed by atoms with E-state index >= 15 is 0 Å². The van der Waals surface area contributed by atoms with Gasteiger partial charge >= 0.3 is 6.03 Å². The molecule has 0 aromatic heterocycles. The number of nitrogens with two attached hydrogens (primary N) is 1. The third kappa shape index (κ3) is 5.29. The second kappa shape index (κ2) is 9.47. The minimum Gasteiger partial charge on any atom is -0.495 e. The van der Waals surface area contributed by atoms with Crippen LogP contribution in [0.2, 0.25) is 0 Å². The van der Waals surface area contributed by atoms with E-state index in [1.807, 2.05) is 37.3 Å². The van der Waals surface area contributed by atoms with E-state index in [1.165, 1.54) is 0 Å². The Hall–Kier alpha value is -4.00. The summed E-state index contributed by atoms with van der Waals surface area (Å²) in [5.74, 6) is 1.24. The summed E-state index contributed by atoms with van der Waals surface area (Å²) in [7, 11) is 1.55. The number of methoxy groups -OCH3 is 1. The minimum absolute atomic E-state index is 0.259. The van der Waals surface area contributed by atoms with Crippen LogP contribution in [0.15, 0.2) is 66.7 Å². The maximum atomic E-state index is 12.4. The summed E-state index contributed by atoms with van der Waals surface area (Å²) in [6, 6.07) is 19.1. The highest BCUT2D eigenvalue weighted by Gasteiger charge is 2.10. The summed E-state index contributed by atoms with van der Waals surface area (Å²) < 4.78 is 11.2. The van der Waals surface area contributed by atoms with E-state index in [4.69, 9.17) is 15.2 Å². The van der Waals surface area contributed by atoms with Gasteiger partial charge in [0.25, 0.3) is 0 Å². The van der Waals surface area contributed by atoms with E-state index in [0.717, 1.165) is 11.1 Å². The number of primary amides is 1. The molecule has 0 aliphatic heterocycles. The lowest BCUT2D eigenvalue weighted by molar-refractivity contribution is 0.1000. The van der Waals surface area contributed by atoms with Gasteiger partial charge in [-0.1, -0.05) is 24.3 Å². The molecule has 30 heavy (non-hydrogen) atoms. The van der Waals surface area contributed by atoms with Crippen molar-refractivity contribution in [2.24, 2.45) is 5.73 Å². The van der Waals surface area contributed by atoms with Crippen molar-refractivity contribution in [2.45, 2.75) is 13.5 Å². The number of rotatable bonds is 7. The first-order valence-corrected chi connectivity index (χ1v) is 9.31. The van der Waals surface area contributed by atoms with Crippen LogP contribution in [0.3, 0.4) is 0 Å². The lowest BCUT2D eigenvalue weighted by Crippen LogP contribution is -2.28. The van der Waals surface area contributed by atoms with Crippen LogP contribution in [-0.2, 0) is 6.54 Å². The Morgan fingerprint density at radius 1 is 0.967 bits per heavy atom. The third-order valence-electron chi connectivity index (χ3n) is 4.38. The normalized spacial score (nSPS) is 10.2. The Morgan fingerprint density at radius 3 is 2.40 bits per heavy atom. The number of carbonyl (C=O) groups excluding carboxylic acids is 2. The molecule has 0 saturated carbocycles. The number of amides is 3. The van der Waals surface area contributed by atoms with Gasteiger partial charge in [-0.2, -0.15) is 0 Å². The van der Waals surface area contributed by atoms with Crippen LogP contribution in [-0.4, -0.2) is 19.0 Å². The van der Waals surface area contributed by atoms with Crippen LogP contribution >= 0.6 is 0 Å². The number of carbonyl (C=O) groups is 2. The van der Waals surface area contributed by atoms with Crippen molar-refractivity contribution in [3.05, 3.63) is 83.4 Å². The van der Waals surface area contributed by atoms with Crippen LogP contribution in [0.4, 0.5) is 10.5 Å². The molecule has 0 aliphatic rings. The molecule has 0 fully saturated rings. The molecular formula is C23H23N3O4. The molecule has 0 saturated heterocycles. The van der Waals surface area contributed by atoms with Crippen LogP contribution in [0.25, 0.3) is 0 Å². The molecular weight excluding hydrogens is 382 g/mol. The van der Waals surface area contributed by atoms with E-state index in [1.54, 1.807) is 43.5 Å². The molecule has 3 rings (SSSR count). The molecule has 0 bridgehead atoms. The summed E-state index contributed by atoms with van der Waals surface area (Å²) in [6.07, 6.45) is 0. The van der Waals surface area contributed by atoms with Gasteiger partial charge in [-0.3, -0.25) is 4.79 Å². The quantitative estimate of drug-likeness (QED) is 0.548. The SMILES string of the molecule is COc1ccc(C)cc1NC(=O)NCc1ccccc1Oc1ccc(C(N)=O)cc1. The molecule has 3 aromatic rings. The molecule has 3 amide bonds. The molecule has 3 aromatic carbocycles. The average molecular weight is 405 g/mol. The first-order chi connectivity index (χ1) is 14.5. The highest BCUT2D eigenvalue weighted by Crippen LogP contribution is 2.27. The fraction of sp³-hybridized carbons (Fsp3) is 0.130. The van der Waals surface area contributed by atoms with Crippen molar-refractivity contribution in [1.82, 2.24) is 5.32 Å². The summed E-state index contributed by atoms with van der Waals surface area (Å²) >= 11 is 0. The number of aryl methyl sites for hydroxylation is 1. The number of urea groups is 1. The first kappa shape index (κ1) is 20.7. The molecule has 0 heterocycles.